The fourth-order valence-corrected chi connectivity index (χ4v) is 3.01. The molecular formula is C19H20FN7O2S. The van der Waals surface area contributed by atoms with Crippen LogP contribution in [0.1, 0.15) is 36.7 Å². The van der Waals surface area contributed by atoms with Crippen molar-refractivity contribution in [2.24, 2.45) is 0 Å². The Hall–Kier alpha value is -3.47. The maximum Gasteiger partial charge on any atom is 0.335 e. The van der Waals surface area contributed by atoms with E-state index in [9.17, 15) is 4.39 Å². The predicted octanol–water partition coefficient (Wildman–Crippen LogP) is 2.82. The smallest absolute Gasteiger partial charge is 0.335 e. The summed E-state index contributed by atoms with van der Waals surface area (Å²) in [5.74, 6) is 1.27. The largest absolute Gasteiger partial charge is 0.350 e. The zero-order chi connectivity index (χ0) is 21.7. The Bertz CT molecular complexity index is 1190. The van der Waals surface area contributed by atoms with Gasteiger partial charge in [0.05, 0.1) is 11.9 Å². The SMILES string of the molecule is Cc1nc(NCc2ccc(F)cc2-n2cccn2)n2ncc(C(C)C)c2n1.O=S=O. The summed E-state index contributed by atoms with van der Waals surface area (Å²) in [5.41, 5.74) is 3.44. The Morgan fingerprint density at radius 3 is 2.63 bits per heavy atom. The fraction of sp³-hybridized carbons (Fsp3) is 0.263. The second-order valence-corrected chi connectivity index (χ2v) is 6.87. The number of hydrogen-bond acceptors (Lipinski definition) is 7. The van der Waals surface area contributed by atoms with Gasteiger partial charge in [0.15, 0.2) is 5.65 Å². The molecule has 0 aliphatic heterocycles. The van der Waals surface area contributed by atoms with E-state index in [1.165, 1.54) is 12.1 Å². The minimum atomic E-state index is -0.750. The number of nitrogens with one attached hydrogen (secondary N) is 1. The Kier molecular flexibility index (Phi) is 6.62. The van der Waals surface area contributed by atoms with E-state index in [4.69, 9.17) is 8.42 Å². The zero-order valence-corrected chi connectivity index (χ0v) is 17.4. The molecule has 0 amide bonds. The van der Waals surface area contributed by atoms with Gasteiger partial charge in [-0.05, 0) is 36.6 Å². The van der Waals surface area contributed by atoms with Gasteiger partial charge in [0.1, 0.15) is 11.6 Å². The minimum absolute atomic E-state index is 0.307. The highest BCUT2D eigenvalue weighted by atomic mass is 32.1. The van der Waals surface area contributed by atoms with Crippen molar-refractivity contribution in [2.75, 3.05) is 5.32 Å². The van der Waals surface area contributed by atoms with Gasteiger partial charge < -0.3 is 5.32 Å². The van der Waals surface area contributed by atoms with Gasteiger partial charge in [0.25, 0.3) is 0 Å². The van der Waals surface area contributed by atoms with Crippen molar-refractivity contribution in [3.63, 3.8) is 0 Å². The summed E-state index contributed by atoms with van der Waals surface area (Å²) in [6.45, 7) is 6.51. The van der Waals surface area contributed by atoms with Crippen LogP contribution in [0.15, 0.2) is 42.9 Å². The average molecular weight is 429 g/mol. The van der Waals surface area contributed by atoms with E-state index in [1.54, 1.807) is 33.7 Å². The van der Waals surface area contributed by atoms with Crippen LogP contribution in [0.3, 0.4) is 0 Å². The number of hydrogen-bond donors (Lipinski definition) is 1. The van der Waals surface area contributed by atoms with Crippen LogP contribution in [0.5, 0.6) is 0 Å². The van der Waals surface area contributed by atoms with Crippen LogP contribution < -0.4 is 5.32 Å². The number of rotatable bonds is 5. The molecule has 1 aromatic carbocycles. The average Bonchev–Trinajstić information content (AvgIpc) is 3.37. The first-order valence-electron chi connectivity index (χ1n) is 9.11. The van der Waals surface area contributed by atoms with Crippen molar-refractivity contribution in [1.29, 1.82) is 0 Å². The molecule has 0 saturated heterocycles. The summed E-state index contributed by atoms with van der Waals surface area (Å²) in [4.78, 5) is 9.01. The van der Waals surface area contributed by atoms with Crippen LogP contribution in [-0.2, 0) is 18.1 Å². The third-order valence-corrected chi connectivity index (χ3v) is 4.36. The first-order chi connectivity index (χ1) is 14.4. The highest BCUT2D eigenvalue weighted by Gasteiger charge is 2.14. The molecule has 0 aliphatic carbocycles. The maximum atomic E-state index is 13.7. The van der Waals surface area contributed by atoms with Crippen molar-refractivity contribution < 1.29 is 12.8 Å². The van der Waals surface area contributed by atoms with Crippen LogP contribution in [-0.4, -0.2) is 37.8 Å². The van der Waals surface area contributed by atoms with E-state index in [1.807, 2.05) is 13.1 Å². The molecule has 1 N–H and O–H groups in total. The Balaban J connectivity index is 0.000000806. The first kappa shape index (κ1) is 21.2. The van der Waals surface area contributed by atoms with Crippen molar-refractivity contribution in [3.8, 4) is 5.69 Å². The molecule has 0 unspecified atom stereocenters. The summed E-state index contributed by atoms with van der Waals surface area (Å²) >= 11 is -0.750. The second-order valence-electron chi connectivity index (χ2n) is 6.73. The fourth-order valence-electron chi connectivity index (χ4n) is 3.01. The normalized spacial score (nSPS) is 10.7. The number of aryl methyl sites for hydroxylation is 1. The van der Waals surface area contributed by atoms with Crippen molar-refractivity contribution in [3.05, 3.63) is 65.6 Å². The van der Waals surface area contributed by atoms with E-state index in [0.29, 0.717) is 29.9 Å². The van der Waals surface area contributed by atoms with Gasteiger partial charge in [0, 0.05) is 24.5 Å². The third kappa shape index (κ3) is 4.57. The third-order valence-electron chi connectivity index (χ3n) is 4.36. The Morgan fingerprint density at radius 1 is 1.20 bits per heavy atom. The summed E-state index contributed by atoms with van der Waals surface area (Å²) in [7, 11) is 0. The molecule has 0 aliphatic rings. The number of benzene rings is 1. The van der Waals surface area contributed by atoms with E-state index in [-0.39, 0.29) is 5.82 Å². The first-order valence-corrected chi connectivity index (χ1v) is 9.77. The number of nitrogens with zero attached hydrogens (tertiary/aromatic N) is 6. The van der Waals surface area contributed by atoms with Crippen molar-refractivity contribution >= 4 is 23.2 Å². The number of aromatic nitrogens is 6. The van der Waals surface area contributed by atoms with Gasteiger partial charge in [0.2, 0.25) is 5.95 Å². The van der Waals surface area contributed by atoms with Crippen LogP contribution in [0.2, 0.25) is 0 Å². The van der Waals surface area contributed by atoms with Crippen LogP contribution >= 0.6 is 0 Å². The second kappa shape index (κ2) is 9.35. The molecule has 4 aromatic rings. The molecule has 30 heavy (non-hydrogen) atoms. The van der Waals surface area contributed by atoms with Crippen LogP contribution in [0.25, 0.3) is 11.3 Å². The molecule has 0 atom stereocenters. The van der Waals surface area contributed by atoms with E-state index < -0.39 is 11.6 Å². The standard InChI is InChI=1S/C19H20FN7.O2S/c1-12(2)16-11-23-27-18(16)24-13(3)25-19(27)21-10-14-5-6-15(20)9-17(14)26-8-4-7-22-26;1-3-2/h4-9,11-12H,10H2,1-3H3,(H,21,24,25);. The highest BCUT2D eigenvalue weighted by molar-refractivity contribution is 7.51. The molecular weight excluding hydrogens is 409 g/mol. The lowest BCUT2D eigenvalue weighted by Gasteiger charge is -2.12. The van der Waals surface area contributed by atoms with Crippen molar-refractivity contribution in [2.45, 2.75) is 33.2 Å². The zero-order valence-electron chi connectivity index (χ0n) is 16.6. The van der Waals surface area contributed by atoms with Crippen LogP contribution in [0, 0.1) is 12.7 Å². The maximum absolute atomic E-state index is 13.7. The molecule has 0 radical (unpaired) electrons. The lowest BCUT2D eigenvalue weighted by molar-refractivity contribution is 0.624. The van der Waals surface area contributed by atoms with Gasteiger partial charge in [-0.2, -0.15) is 28.1 Å². The minimum Gasteiger partial charge on any atom is -0.350 e. The Morgan fingerprint density at radius 2 is 1.97 bits per heavy atom. The van der Waals surface area contributed by atoms with Crippen molar-refractivity contribution in [1.82, 2.24) is 29.4 Å². The summed E-state index contributed by atoms with van der Waals surface area (Å²) in [5, 5.41) is 11.9. The summed E-state index contributed by atoms with van der Waals surface area (Å²) in [6.07, 6.45) is 5.27. The number of halogens is 1. The highest BCUT2D eigenvalue weighted by Crippen LogP contribution is 2.22. The van der Waals surface area contributed by atoms with Gasteiger partial charge >= 0.3 is 11.6 Å². The van der Waals surface area contributed by atoms with E-state index in [2.05, 4.69) is 39.3 Å². The Labute approximate surface area is 175 Å². The molecule has 3 aromatic heterocycles. The van der Waals surface area contributed by atoms with Gasteiger partial charge in [-0.15, -0.1) is 0 Å². The van der Waals surface area contributed by atoms with Gasteiger partial charge in [-0.25, -0.2) is 14.1 Å². The molecule has 0 fully saturated rings. The quantitative estimate of drug-likeness (QED) is 0.520. The molecule has 9 nitrogen and oxygen atoms in total. The summed E-state index contributed by atoms with van der Waals surface area (Å²) in [6, 6.07) is 6.45. The van der Waals surface area contributed by atoms with Gasteiger partial charge in [-0.1, -0.05) is 19.9 Å². The predicted molar refractivity (Wildman–Crippen MR) is 109 cm³/mol. The van der Waals surface area contributed by atoms with E-state index >= 15 is 0 Å². The van der Waals surface area contributed by atoms with Crippen LogP contribution in [0.4, 0.5) is 10.3 Å². The molecule has 0 spiro atoms. The number of anilines is 1. The molecule has 11 heteroatoms. The summed E-state index contributed by atoms with van der Waals surface area (Å²) < 4.78 is 33.7. The molecule has 4 rings (SSSR count). The lowest BCUT2D eigenvalue weighted by Crippen LogP contribution is -2.12. The molecule has 0 saturated carbocycles. The molecule has 156 valence electrons. The number of fused-ring (bicyclic) bond motifs is 1. The molecule has 3 heterocycles. The van der Waals surface area contributed by atoms with Gasteiger partial charge in [-0.3, -0.25) is 0 Å². The topological polar surface area (TPSA) is 107 Å². The lowest BCUT2D eigenvalue weighted by atomic mass is 10.1. The van der Waals surface area contributed by atoms with E-state index in [0.717, 1.165) is 16.8 Å². The monoisotopic (exact) mass is 429 g/mol. The molecule has 0 bridgehead atoms.